The Kier molecular flexibility index (Phi) is 10.9. The molecule has 7 heteroatoms. The van der Waals surface area contributed by atoms with E-state index in [0.717, 1.165) is 42.9 Å². The number of benzene rings is 1. The van der Waals surface area contributed by atoms with E-state index in [1.54, 1.807) is 7.05 Å². The maximum absolute atomic E-state index is 12.1. The largest absolute Gasteiger partial charge is 0.490 e. The lowest BCUT2D eigenvalue weighted by Crippen LogP contribution is -2.41. The molecule has 1 aromatic carbocycles. The summed E-state index contributed by atoms with van der Waals surface area (Å²) in [6.07, 6.45) is 7.24. The SMILES string of the molecule is CCOc1ccc(CCNC(=NC)NCCC(=O)NC2CCCCC2)cc1OCC. The fraction of sp³-hybridized carbons (Fsp3) is 0.652. The molecule has 1 amide bonds. The Hall–Kier alpha value is -2.44. The number of hydrogen-bond acceptors (Lipinski definition) is 4. The number of ether oxygens (including phenoxy) is 2. The maximum atomic E-state index is 12.1. The predicted molar refractivity (Wildman–Crippen MR) is 121 cm³/mol. The van der Waals surface area contributed by atoms with Gasteiger partial charge in [-0.3, -0.25) is 9.79 Å². The first-order valence-corrected chi connectivity index (χ1v) is 11.3. The lowest BCUT2D eigenvalue weighted by molar-refractivity contribution is -0.121. The number of nitrogens with zero attached hydrogens (tertiary/aromatic N) is 1. The molecule has 30 heavy (non-hydrogen) atoms. The fourth-order valence-corrected chi connectivity index (χ4v) is 3.64. The van der Waals surface area contributed by atoms with E-state index in [1.165, 1.54) is 19.3 Å². The fourth-order valence-electron chi connectivity index (χ4n) is 3.64. The molecule has 168 valence electrons. The van der Waals surface area contributed by atoms with Crippen molar-refractivity contribution in [3.05, 3.63) is 23.8 Å². The Balaban J connectivity index is 1.69. The highest BCUT2D eigenvalue weighted by molar-refractivity contribution is 5.81. The molecule has 0 bridgehead atoms. The lowest BCUT2D eigenvalue weighted by atomic mass is 9.95. The van der Waals surface area contributed by atoms with Gasteiger partial charge in [0.05, 0.1) is 13.2 Å². The summed E-state index contributed by atoms with van der Waals surface area (Å²) in [5.74, 6) is 2.38. The summed E-state index contributed by atoms with van der Waals surface area (Å²) >= 11 is 0. The highest BCUT2D eigenvalue weighted by atomic mass is 16.5. The number of amides is 1. The second kappa shape index (κ2) is 13.7. The van der Waals surface area contributed by atoms with Gasteiger partial charge in [0, 0.05) is 32.6 Å². The first kappa shape index (κ1) is 23.8. The van der Waals surface area contributed by atoms with Crippen molar-refractivity contribution in [1.82, 2.24) is 16.0 Å². The van der Waals surface area contributed by atoms with Gasteiger partial charge in [-0.05, 0) is 50.8 Å². The van der Waals surface area contributed by atoms with E-state index in [2.05, 4.69) is 27.0 Å². The summed E-state index contributed by atoms with van der Waals surface area (Å²) in [5, 5.41) is 9.66. The Morgan fingerprint density at radius 3 is 2.43 bits per heavy atom. The summed E-state index contributed by atoms with van der Waals surface area (Å²) in [6.45, 7) is 6.44. The molecule has 1 fully saturated rings. The standard InChI is InChI=1S/C23H38N4O3/c1-4-29-20-12-11-18(17-21(20)30-5-2)13-15-25-23(24-3)26-16-14-22(28)27-19-9-7-6-8-10-19/h11-12,17,19H,4-10,13-16H2,1-3H3,(H,27,28)(H2,24,25,26). The molecule has 7 nitrogen and oxygen atoms in total. The molecule has 0 spiro atoms. The molecule has 3 N–H and O–H groups in total. The maximum Gasteiger partial charge on any atom is 0.221 e. The molecule has 0 aromatic heterocycles. The van der Waals surface area contributed by atoms with Crippen molar-refractivity contribution in [3.63, 3.8) is 0 Å². The minimum Gasteiger partial charge on any atom is -0.490 e. The van der Waals surface area contributed by atoms with E-state index in [-0.39, 0.29) is 5.91 Å². The van der Waals surface area contributed by atoms with Crippen molar-refractivity contribution in [2.45, 2.75) is 64.8 Å². The van der Waals surface area contributed by atoms with Crippen LogP contribution in [0.3, 0.4) is 0 Å². The van der Waals surface area contributed by atoms with Gasteiger partial charge in [-0.15, -0.1) is 0 Å². The van der Waals surface area contributed by atoms with Crippen molar-refractivity contribution < 1.29 is 14.3 Å². The topological polar surface area (TPSA) is 84.0 Å². The third-order valence-corrected chi connectivity index (χ3v) is 5.15. The first-order valence-electron chi connectivity index (χ1n) is 11.3. The van der Waals surface area contributed by atoms with Crippen LogP contribution in [0.1, 0.15) is 57.9 Å². The van der Waals surface area contributed by atoms with Crippen molar-refractivity contribution in [2.75, 3.05) is 33.4 Å². The van der Waals surface area contributed by atoms with Gasteiger partial charge in [0.2, 0.25) is 5.91 Å². The van der Waals surface area contributed by atoms with Crippen LogP contribution in [-0.4, -0.2) is 51.3 Å². The minimum absolute atomic E-state index is 0.114. The summed E-state index contributed by atoms with van der Waals surface area (Å²) in [6, 6.07) is 6.41. The number of guanidine groups is 1. The van der Waals surface area contributed by atoms with E-state index in [1.807, 2.05) is 26.0 Å². The number of aliphatic imine (C=N–C) groups is 1. The van der Waals surface area contributed by atoms with Crippen molar-refractivity contribution in [3.8, 4) is 11.5 Å². The zero-order chi connectivity index (χ0) is 21.6. The molecule has 0 unspecified atom stereocenters. The molecular formula is C23H38N4O3. The van der Waals surface area contributed by atoms with Gasteiger partial charge in [-0.1, -0.05) is 25.3 Å². The van der Waals surface area contributed by atoms with Crippen LogP contribution in [0.5, 0.6) is 11.5 Å². The molecule has 1 aliphatic carbocycles. The summed E-state index contributed by atoms with van der Waals surface area (Å²) in [4.78, 5) is 16.3. The molecule has 0 atom stereocenters. The molecule has 1 saturated carbocycles. The van der Waals surface area contributed by atoms with Gasteiger partial charge in [-0.25, -0.2) is 0 Å². The number of nitrogens with one attached hydrogen (secondary N) is 3. The van der Waals surface area contributed by atoms with Gasteiger partial charge in [-0.2, -0.15) is 0 Å². The molecular weight excluding hydrogens is 380 g/mol. The summed E-state index contributed by atoms with van der Waals surface area (Å²) < 4.78 is 11.3. The zero-order valence-corrected chi connectivity index (χ0v) is 18.8. The predicted octanol–water partition coefficient (Wildman–Crippen LogP) is 3.03. The van der Waals surface area contributed by atoms with Crippen LogP contribution in [0, 0.1) is 0 Å². The zero-order valence-electron chi connectivity index (χ0n) is 18.8. The lowest BCUT2D eigenvalue weighted by Gasteiger charge is -2.22. The van der Waals surface area contributed by atoms with Crippen LogP contribution >= 0.6 is 0 Å². The van der Waals surface area contributed by atoms with Gasteiger partial charge >= 0.3 is 0 Å². The van der Waals surface area contributed by atoms with Crippen LogP contribution in [-0.2, 0) is 11.2 Å². The second-order valence-electron chi connectivity index (χ2n) is 7.48. The first-order chi connectivity index (χ1) is 14.7. The van der Waals surface area contributed by atoms with Crippen LogP contribution in [0.25, 0.3) is 0 Å². The number of rotatable bonds is 11. The third-order valence-electron chi connectivity index (χ3n) is 5.15. The average Bonchev–Trinajstić information content (AvgIpc) is 2.75. The quantitative estimate of drug-likeness (QED) is 0.380. The van der Waals surface area contributed by atoms with Crippen LogP contribution in [0.2, 0.25) is 0 Å². The highest BCUT2D eigenvalue weighted by Crippen LogP contribution is 2.28. The van der Waals surface area contributed by atoms with Gasteiger partial charge in [0.1, 0.15) is 0 Å². The smallest absolute Gasteiger partial charge is 0.221 e. The number of carbonyl (C=O) groups is 1. The minimum atomic E-state index is 0.114. The van der Waals surface area contributed by atoms with Gasteiger partial charge < -0.3 is 25.4 Å². The van der Waals surface area contributed by atoms with Crippen LogP contribution < -0.4 is 25.4 Å². The van der Waals surface area contributed by atoms with E-state index in [0.29, 0.717) is 38.2 Å². The van der Waals surface area contributed by atoms with E-state index in [9.17, 15) is 4.79 Å². The van der Waals surface area contributed by atoms with Crippen molar-refractivity contribution in [2.24, 2.45) is 4.99 Å². The highest BCUT2D eigenvalue weighted by Gasteiger charge is 2.15. The normalized spacial score (nSPS) is 14.8. The Bertz CT molecular complexity index is 672. The van der Waals surface area contributed by atoms with Crippen molar-refractivity contribution in [1.29, 1.82) is 0 Å². The molecule has 0 heterocycles. The van der Waals surface area contributed by atoms with E-state index >= 15 is 0 Å². The average molecular weight is 419 g/mol. The molecule has 2 rings (SSSR count). The monoisotopic (exact) mass is 418 g/mol. The summed E-state index contributed by atoms with van der Waals surface area (Å²) in [7, 11) is 1.74. The van der Waals surface area contributed by atoms with E-state index in [4.69, 9.17) is 9.47 Å². The Morgan fingerprint density at radius 1 is 1.03 bits per heavy atom. The Labute approximate surface area is 181 Å². The molecule has 0 saturated heterocycles. The van der Waals surface area contributed by atoms with Gasteiger partial charge in [0.25, 0.3) is 0 Å². The third kappa shape index (κ3) is 8.51. The van der Waals surface area contributed by atoms with Crippen molar-refractivity contribution >= 4 is 11.9 Å². The van der Waals surface area contributed by atoms with Crippen LogP contribution in [0.4, 0.5) is 0 Å². The molecule has 1 aliphatic rings. The molecule has 1 aromatic rings. The van der Waals surface area contributed by atoms with Gasteiger partial charge in [0.15, 0.2) is 17.5 Å². The summed E-state index contributed by atoms with van der Waals surface area (Å²) in [5.41, 5.74) is 1.16. The molecule has 0 aliphatic heterocycles. The number of carbonyl (C=O) groups excluding carboxylic acids is 1. The second-order valence-corrected chi connectivity index (χ2v) is 7.48. The number of hydrogen-bond donors (Lipinski definition) is 3. The van der Waals surface area contributed by atoms with E-state index < -0.39 is 0 Å². The Morgan fingerprint density at radius 2 is 1.73 bits per heavy atom. The van der Waals surface area contributed by atoms with Crippen LogP contribution in [0.15, 0.2) is 23.2 Å². The molecule has 0 radical (unpaired) electrons.